The van der Waals surface area contributed by atoms with E-state index in [0.717, 1.165) is 48.2 Å². The van der Waals surface area contributed by atoms with Gasteiger partial charge >= 0.3 is 6.03 Å². The van der Waals surface area contributed by atoms with Crippen LogP contribution in [0.4, 0.5) is 16.3 Å². The van der Waals surface area contributed by atoms with Gasteiger partial charge < -0.3 is 30.6 Å². The Labute approximate surface area is 184 Å². The van der Waals surface area contributed by atoms with E-state index in [0.29, 0.717) is 38.2 Å². The SMILES string of the molecule is CCCc1nc2c(N)ncc(N(C)C)c2n1CCOCCNC(=O)NC1CCCCC1. The zero-order chi connectivity index (χ0) is 22.2. The first-order chi connectivity index (χ1) is 15.0. The van der Waals surface area contributed by atoms with Crippen molar-refractivity contribution in [2.75, 3.05) is 44.5 Å². The van der Waals surface area contributed by atoms with Gasteiger partial charge in [-0.1, -0.05) is 26.2 Å². The number of aromatic nitrogens is 3. The first-order valence-corrected chi connectivity index (χ1v) is 11.4. The molecule has 1 fully saturated rings. The summed E-state index contributed by atoms with van der Waals surface area (Å²) in [7, 11) is 3.98. The molecule has 31 heavy (non-hydrogen) atoms. The minimum absolute atomic E-state index is 0.0973. The number of urea groups is 1. The van der Waals surface area contributed by atoms with Gasteiger partial charge in [-0.3, -0.25) is 0 Å². The largest absolute Gasteiger partial charge is 0.382 e. The molecule has 0 atom stereocenters. The van der Waals surface area contributed by atoms with Gasteiger partial charge in [-0.2, -0.15) is 0 Å². The summed E-state index contributed by atoms with van der Waals surface area (Å²) in [5, 5.41) is 5.95. The molecule has 1 saturated carbocycles. The summed E-state index contributed by atoms with van der Waals surface area (Å²) in [5.41, 5.74) is 8.84. The van der Waals surface area contributed by atoms with Gasteiger partial charge in [0.15, 0.2) is 5.82 Å². The molecule has 3 rings (SSSR count). The number of aryl methyl sites for hydroxylation is 1. The van der Waals surface area contributed by atoms with E-state index < -0.39 is 0 Å². The molecule has 0 aromatic carbocycles. The molecule has 2 aromatic heterocycles. The second-order valence-corrected chi connectivity index (χ2v) is 8.40. The van der Waals surface area contributed by atoms with Gasteiger partial charge in [-0.25, -0.2) is 14.8 Å². The van der Waals surface area contributed by atoms with Crippen molar-refractivity contribution in [3.05, 3.63) is 12.0 Å². The minimum atomic E-state index is -0.0973. The molecule has 172 valence electrons. The number of ether oxygens (including phenoxy) is 1. The lowest BCUT2D eigenvalue weighted by atomic mass is 9.96. The van der Waals surface area contributed by atoms with Crippen LogP contribution in [0.1, 0.15) is 51.3 Å². The van der Waals surface area contributed by atoms with Crippen molar-refractivity contribution in [1.29, 1.82) is 0 Å². The normalized spacial score (nSPS) is 14.7. The number of pyridine rings is 1. The fraction of sp³-hybridized carbons (Fsp3) is 0.682. The number of nitrogen functional groups attached to an aromatic ring is 1. The Kier molecular flexibility index (Phi) is 8.34. The number of fused-ring (bicyclic) bond motifs is 1. The molecule has 9 heteroatoms. The van der Waals surface area contributed by atoms with Gasteiger partial charge in [0.05, 0.1) is 30.6 Å². The molecule has 2 heterocycles. The number of imidazole rings is 1. The summed E-state index contributed by atoms with van der Waals surface area (Å²) in [6.45, 7) is 4.30. The quantitative estimate of drug-likeness (QED) is 0.499. The van der Waals surface area contributed by atoms with Gasteiger partial charge in [0, 0.05) is 39.6 Å². The van der Waals surface area contributed by atoms with Crippen LogP contribution in [0.3, 0.4) is 0 Å². The number of nitrogens with zero attached hydrogens (tertiary/aromatic N) is 4. The molecule has 1 aliphatic rings. The number of amides is 2. The molecule has 9 nitrogen and oxygen atoms in total. The average molecular weight is 432 g/mol. The Morgan fingerprint density at radius 3 is 2.77 bits per heavy atom. The second kappa shape index (κ2) is 11.2. The van der Waals surface area contributed by atoms with E-state index in [1.54, 1.807) is 6.20 Å². The van der Waals surface area contributed by atoms with Crippen LogP contribution in [0.15, 0.2) is 6.20 Å². The number of hydrogen-bond acceptors (Lipinski definition) is 6. The highest BCUT2D eigenvalue weighted by Gasteiger charge is 2.18. The number of nitrogens with one attached hydrogen (secondary N) is 2. The summed E-state index contributed by atoms with van der Waals surface area (Å²) in [6.07, 6.45) is 9.50. The molecule has 4 N–H and O–H groups in total. The van der Waals surface area contributed by atoms with E-state index in [-0.39, 0.29) is 6.03 Å². The summed E-state index contributed by atoms with van der Waals surface area (Å²) >= 11 is 0. The highest BCUT2D eigenvalue weighted by atomic mass is 16.5. The molecular formula is C22H37N7O2. The third-order valence-electron chi connectivity index (χ3n) is 5.74. The first kappa shape index (κ1) is 23.1. The highest BCUT2D eigenvalue weighted by Crippen LogP contribution is 2.29. The van der Waals surface area contributed by atoms with E-state index in [2.05, 4.69) is 27.1 Å². The van der Waals surface area contributed by atoms with E-state index in [1.165, 1.54) is 19.3 Å². The molecule has 0 bridgehead atoms. The van der Waals surface area contributed by atoms with Crippen molar-refractivity contribution in [2.24, 2.45) is 0 Å². The molecule has 2 amide bonds. The van der Waals surface area contributed by atoms with Crippen LogP contribution in [0.5, 0.6) is 0 Å². The smallest absolute Gasteiger partial charge is 0.315 e. The van der Waals surface area contributed by atoms with E-state index >= 15 is 0 Å². The maximum absolute atomic E-state index is 12.0. The van der Waals surface area contributed by atoms with Gasteiger partial charge in [0.2, 0.25) is 0 Å². The summed E-state index contributed by atoms with van der Waals surface area (Å²) < 4.78 is 8.00. The number of rotatable bonds is 10. The lowest BCUT2D eigenvalue weighted by molar-refractivity contribution is 0.128. The van der Waals surface area contributed by atoms with Crippen LogP contribution in [-0.2, 0) is 17.7 Å². The summed E-state index contributed by atoms with van der Waals surface area (Å²) in [5.74, 6) is 1.44. The van der Waals surface area contributed by atoms with Crippen LogP contribution in [-0.4, -0.2) is 60.5 Å². The zero-order valence-electron chi connectivity index (χ0n) is 19.1. The number of carbonyl (C=O) groups is 1. The maximum Gasteiger partial charge on any atom is 0.315 e. The fourth-order valence-corrected chi connectivity index (χ4v) is 4.15. The number of anilines is 2. The van der Waals surface area contributed by atoms with E-state index in [9.17, 15) is 4.79 Å². The van der Waals surface area contributed by atoms with Crippen molar-refractivity contribution < 1.29 is 9.53 Å². The highest BCUT2D eigenvalue weighted by molar-refractivity contribution is 5.95. The van der Waals surface area contributed by atoms with Crippen molar-refractivity contribution in [1.82, 2.24) is 25.2 Å². The first-order valence-electron chi connectivity index (χ1n) is 11.4. The Balaban J connectivity index is 1.52. The Morgan fingerprint density at radius 2 is 2.06 bits per heavy atom. The van der Waals surface area contributed by atoms with Crippen molar-refractivity contribution in [2.45, 2.75) is 64.5 Å². The fourth-order valence-electron chi connectivity index (χ4n) is 4.15. The standard InChI is InChI=1S/C22H37N7O2/c1-4-8-18-27-19-20(17(28(2)3)15-25-21(19)23)29(18)12-14-31-13-11-24-22(30)26-16-9-6-5-7-10-16/h15-16H,4-14H2,1-3H3,(H2,23,25)(H2,24,26,30). The van der Waals surface area contributed by atoms with Crippen LogP contribution < -0.4 is 21.3 Å². The predicted octanol–water partition coefficient (Wildman–Crippen LogP) is 2.68. The minimum Gasteiger partial charge on any atom is -0.382 e. The Morgan fingerprint density at radius 1 is 1.29 bits per heavy atom. The number of hydrogen-bond donors (Lipinski definition) is 3. The Bertz CT molecular complexity index is 859. The third-order valence-corrected chi connectivity index (χ3v) is 5.74. The van der Waals surface area contributed by atoms with Gasteiger partial charge in [0.1, 0.15) is 11.3 Å². The Hall–Kier alpha value is -2.55. The van der Waals surface area contributed by atoms with Crippen LogP contribution in [0.2, 0.25) is 0 Å². The molecule has 0 spiro atoms. The zero-order valence-corrected chi connectivity index (χ0v) is 19.1. The van der Waals surface area contributed by atoms with Crippen LogP contribution in [0, 0.1) is 0 Å². The molecule has 2 aromatic rings. The van der Waals surface area contributed by atoms with Crippen molar-refractivity contribution >= 4 is 28.6 Å². The maximum atomic E-state index is 12.0. The topological polar surface area (TPSA) is 110 Å². The van der Waals surface area contributed by atoms with Crippen molar-refractivity contribution in [3.8, 4) is 0 Å². The summed E-state index contributed by atoms with van der Waals surface area (Å²) in [6, 6.07) is 0.217. The van der Waals surface area contributed by atoms with Gasteiger partial charge in [0.25, 0.3) is 0 Å². The molecule has 0 saturated heterocycles. The number of nitrogens with two attached hydrogens (primary N) is 1. The molecule has 0 unspecified atom stereocenters. The summed E-state index contributed by atoms with van der Waals surface area (Å²) in [4.78, 5) is 23.1. The average Bonchev–Trinajstić information content (AvgIpc) is 3.10. The number of carbonyl (C=O) groups excluding carboxylic acids is 1. The van der Waals surface area contributed by atoms with E-state index in [4.69, 9.17) is 15.5 Å². The van der Waals surface area contributed by atoms with Crippen LogP contribution >= 0.6 is 0 Å². The molecular weight excluding hydrogens is 394 g/mol. The predicted molar refractivity (Wildman–Crippen MR) is 124 cm³/mol. The van der Waals surface area contributed by atoms with Gasteiger partial charge in [-0.05, 0) is 19.3 Å². The molecule has 0 radical (unpaired) electrons. The molecule has 1 aliphatic carbocycles. The monoisotopic (exact) mass is 431 g/mol. The second-order valence-electron chi connectivity index (χ2n) is 8.40. The third kappa shape index (κ3) is 6.00. The van der Waals surface area contributed by atoms with Crippen molar-refractivity contribution in [3.63, 3.8) is 0 Å². The van der Waals surface area contributed by atoms with E-state index in [1.807, 2.05) is 19.0 Å². The lowest BCUT2D eigenvalue weighted by Crippen LogP contribution is -2.43. The van der Waals surface area contributed by atoms with Crippen LogP contribution in [0.25, 0.3) is 11.0 Å². The lowest BCUT2D eigenvalue weighted by Gasteiger charge is -2.22. The van der Waals surface area contributed by atoms with Gasteiger partial charge in [-0.15, -0.1) is 0 Å². The molecule has 0 aliphatic heterocycles.